The summed E-state index contributed by atoms with van der Waals surface area (Å²) in [6.07, 6.45) is 1.60. The number of aromatic nitrogens is 1. The average molecular weight is 367 g/mol. The van der Waals surface area contributed by atoms with Crippen LogP contribution in [0.1, 0.15) is 6.42 Å². The molecule has 1 atom stereocenters. The van der Waals surface area contributed by atoms with Crippen molar-refractivity contribution in [2.45, 2.75) is 6.42 Å². The van der Waals surface area contributed by atoms with Gasteiger partial charge >= 0.3 is 0 Å². The molecule has 2 aromatic carbocycles. The number of amides is 2. The zero-order valence-electron chi connectivity index (χ0n) is 14.2. The maximum absolute atomic E-state index is 13.8. The number of hydrogen-bond acceptors (Lipinski definition) is 3. The standard InChI is InChI=1S/C20H15F2N3O2/c21-14-6-2-7-15(22)19(14)24-20(27)13-10-17(26)25(11-13)16-8-1-4-12-5-3-9-23-18(12)16/h1-9,13H,10-11H2,(H,24,27). The SMILES string of the molecule is O=C(Nc1c(F)cccc1F)C1CC(=O)N(c2cccc3cccnc23)C1. The maximum Gasteiger partial charge on any atom is 0.229 e. The highest BCUT2D eigenvalue weighted by molar-refractivity contribution is 6.07. The van der Waals surface area contributed by atoms with Crippen molar-refractivity contribution in [1.82, 2.24) is 4.98 Å². The van der Waals surface area contributed by atoms with Crippen LogP contribution < -0.4 is 10.2 Å². The molecule has 1 fully saturated rings. The Balaban J connectivity index is 1.58. The van der Waals surface area contributed by atoms with E-state index in [-0.39, 0.29) is 18.9 Å². The summed E-state index contributed by atoms with van der Waals surface area (Å²) in [4.78, 5) is 30.8. The third-order valence-corrected chi connectivity index (χ3v) is 4.61. The first-order valence-corrected chi connectivity index (χ1v) is 8.43. The fourth-order valence-electron chi connectivity index (χ4n) is 3.26. The quantitative estimate of drug-likeness (QED) is 0.771. The molecule has 1 N–H and O–H groups in total. The lowest BCUT2D eigenvalue weighted by molar-refractivity contribution is -0.122. The van der Waals surface area contributed by atoms with Gasteiger partial charge in [-0.05, 0) is 24.3 Å². The summed E-state index contributed by atoms with van der Waals surface area (Å²) in [6.45, 7) is 0.121. The van der Waals surface area contributed by atoms with Crippen LogP contribution in [0, 0.1) is 17.6 Å². The largest absolute Gasteiger partial charge is 0.321 e. The van der Waals surface area contributed by atoms with Crippen molar-refractivity contribution >= 4 is 34.1 Å². The molecule has 0 bridgehead atoms. The smallest absolute Gasteiger partial charge is 0.229 e. The Hall–Kier alpha value is -3.35. The third-order valence-electron chi connectivity index (χ3n) is 4.61. The number of anilines is 2. The van der Waals surface area contributed by atoms with Crippen molar-refractivity contribution in [3.8, 4) is 0 Å². The molecule has 136 valence electrons. The first-order valence-electron chi connectivity index (χ1n) is 8.43. The predicted molar refractivity (Wildman–Crippen MR) is 97.2 cm³/mol. The predicted octanol–water partition coefficient (Wildman–Crippen LogP) is 3.50. The maximum atomic E-state index is 13.8. The Kier molecular flexibility index (Phi) is 4.27. The lowest BCUT2D eigenvalue weighted by atomic mass is 10.1. The second-order valence-corrected chi connectivity index (χ2v) is 6.34. The molecule has 0 aliphatic carbocycles. The molecule has 27 heavy (non-hydrogen) atoms. The van der Waals surface area contributed by atoms with Crippen LogP contribution in [0.2, 0.25) is 0 Å². The minimum absolute atomic E-state index is 0.0366. The van der Waals surface area contributed by atoms with Gasteiger partial charge in [0.05, 0.1) is 17.1 Å². The van der Waals surface area contributed by atoms with Gasteiger partial charge in [-0.1, -0.05) is 24.3 Å². The Bertz CT molecular complexity index is 1030. The summed E-state index contributed by atoms with van der Waals surface area (Å²) in [5.41, 5.74) is 0.778. The van der Waals surface area contributed by atoms with E-state index in [0.717, 1.165) is 17.5 Å². The summed E-state index contributed by atoms with van der Waals surface area (Å²) in [6, 6.07) is 12.5. The zero-order valence-corrected chi connectivity index (χ0v) is 14.2. The molecule has 7 heteroatoms. The van der Waals surface area contributed by atoms with E-state index in [0.29, 0.717) is 11.2 Å². The van der Waals surface area contributed by atoms with Crippen LogP contribution >= 0.6 is 0 Å². The number of nitrogens with one attached hydrogen (secondary N) is 1. The minimum Gasteiger partial charge on any atom is -0.321 e. The van der Waals surface area contributed by atoms with Gasteiger partial charge in [0.2, 0.25) is 11.8 Å². The van der Waals surface area contributed by atoms with Crippen LogP contribution in [-0.2, 0) is 9.59 Å². The number of carbonyl (C=O) groups excluding carboxylic acids is 2. The number of halogens is 2. The van der Waals surface area contributed by atoms with E-state index in [4.69, 9.17) is 0 Å². The summed E-state index contributed by atoms with van der Waals surface area (Å²) in [5.74, 6) is -3.26. The molecule has 0 saturated carbocycles. The first-order chi connectivity index (χ1) is 13.0. The van der Waals surface area contributed by atoms with E-state index >= 15 is 0 Å². The van der Waals surface area contributed by atoms with Gasteiger partial charge in [-0.25, -0.2) is 8.78 Å². The highest BCUT2D eigenvalue weighted by atomic mass is 19.1. The number of nitrogens with zero attached hydrogens (tertiary/aromatic N) is 2. The van der Waals surface area contributed by atoms with Crippen LogP contribution in [-0.4, -0.2) is 23.3 Å². The molecule has 2 amide bonds. The highest BCUT2D eigenvalue weighted by Gasteiger charge is 2.36. The van der Waals surface area contributed by atoms with E-state index in [2.05, 4.69) is 10.3 Å². The summed E-state index contributed by atoms with van der Waals surface area (Å²) in [5, 5.41) is 3.15. The average Bonchev–Trinajstić information content (AvgIpc) is 3.06. The van der Waals surface area contributed by atoms with Crippen LogP contribution in [0.5, 0.6) is 0 Å². The number of benzene rings is 2. The Labute approximate surface area is 153 Å². The first kappa shape index (κ1) is 17.1. The van der Waals surface area contributed by atoms with E-state index in [1.807, 2.05) is 18.2 Å². The van der Waals surface area contributed by atoms with Gasteiger partial charge in [-0.3, -0.25) is 14.6 Å². The highest BCUT2D eigenvalue weighted by Crippen LogP contribution is 2.31. The second-order valence-electron chi connectivity index (χ2n) is 6.34. The Morgan fingerprint density at radius 2 is 1.78 bits per heavy atom. The van der Waals surface area contributed by atoms with Gasteiger partial charge in [0.1, 0.15) is 17.3 Å². The van der Waals surface area contributed by atoms with Crippen molar-refractivity contribution in [2.24, 2.45) is 5.92 Å². The molecule has 1 saturated heterocycles. The van der Waals surface area contributed by atoms with Crippen LogP contribution in [0.4, 0.5) is 20.2 Å². The number of rotatable bonds is 3. The molecule has 1 aromatic heterocycles. The van der Waals surface area contributed by atoms with E-state index in [1.54, 1.807) is 18.3 Å². The second kappa shape index (κ2) is 6.75. The summed E-state index contributed by atoms with van der Waals surface area (Å²) < 4.78 is 27.5. The lowest BCUT2D eigenvalue weighted by Gasteiger charge is -2.18. The normalized spacial score (nSPS) is 16.7. The van der Waals surface area contributed by atoms with Gasteiger partial charge in [-0.2, -0.15) is 0 Å². The van der Waals surface area contributed by atoms with Crippen molar-refractivity contribution in [1.29, 1.82) is 0 Å². The fourth-order valence-corrected chi connectivity index (χ4v) is 3.26. The zero-order chi connectivity index (χ0) is 19.0. The molecule has 2 heterocycles. The number of hydrogen-bond donors (Lipinski definition) is 1. The molecule has 0 spiro atoms. The molecule has 0 radical (unpaired) electrons. The fraction of sp³-hybridized carbons (Fsp3) is 0.150. The van der Waals surface area contributed by atoms with E-state index in [1.165, 1.54) is 11.0 Å². The van der Waals surface area contributed by atoms with Crippen molar-refractivity contribution < 1.29 is 18.4 Å². The van der Waals surface area contributed by atoms with Crippen molar-refractivity contribution in [2.75, 3.05) is 16.8 Å². The topological polar surface area (TPSA) is 62.3 Å². The van der Waals surface area contributed by atoms with Gasteiger partial charge in [0.25, 0.3) is 0 Å². The molecule has 1 aliphatic heterocycles. The summed E-state index contributed by atoms with van der Waals surface area (Å²) in [7, 11) is 0. The minimum atomic E-state index is -0.859. The van der Waals surface area contributed by atoms with Gasteiger partial charge in [-0.15, -0.1) is 0 Å². The van der Waals surface area contributed by atoms with Crippen molar-refractivity contribution in [3.05, 3.63) is 66.4 Å². The third kappa shape index (κ3) is 3.12. The van der Waals surface area contributed by atoms with Crippen molar-refractivity contribution in [3.63, 3.8) is 0 Å². The molecular formula is C20H15F2N3O2. The number of fused-ring (bicyclic) bond motifs is 1. The number of pyridine rings is 1. The Morgan fingerprint density at radius 3 is 2.56 bits per heavy atom. The molecule has 1 unspecified atom stereocenters. The molecule has 5 nitrogen and oxygen atoms in total. The van der Waals surface area contributed by atoms with Crippen LogP contribution in [0.15, 0.2) is 54.7 Å². The molecular weight excluding hydrogens is 352 g/mol. The van der Waals surface area contributed by atoms with Gasteiger partial charge in [0.15, 0.2) is 0 Å². The van der Waals surface area contributed by atoms with Gasteiger partial charge < -0.3 is 10.2 Å². The molecule has 4 rings (SSSR count). The number of carbonyl (C=O) groups is 2. The number of para-hydroxylation sites is 2. The molecule has 1 aliphatic rings. The van der Waals surface area contributed by atoms with Gasteiger partial charge in [0, 0.05) is 24.5 Å². The lowest BCUT2D eigenvalue weighted by Crippen LogP contribution is -2.28. The Morgan fingerprint density at radius 1 is 1.07 bits per heavy atom. The van der Waals surface area contributed by atoms with E-state index in [9.17, 15) is 18.4 Å². The summed E-state index contributed by atoms with van der Waals surface area (Å²) >= 11 is 0. The van der Waals surface area contributed by atoms with Crippen LogP contribution in [0.25, 0.3) is 10.9 Å². The van der Waals surface area contributed by atoms with E-state index < -0.39 is 29.1 Å². The molecule has 3 aromatic rings. The van der Waals surface area contributed by atoms with Crippen LogP contribution in [0.3, 0.4) is 0 Å². The monoisotopic (exact) mass is 367 g/mol.